The molecule has 1 aliphatic heterocycles. The number of aryl methyl sites for hydroxylation is 1. The smallest absolute Gasteiger partial charge is 0.247 e. The fourth-order valence-electron chi connectivity index (χ4n) is 3.64. The number of hydrogen-bond acceptors (Lipinski definition) is 5. The summed E-state index contributed by atoms with van der Waals surface area (Å²) in [6.07, 6.45) is 2.63. The molecule has 146 valence electrons. The summed E-state index contributed by atoms with van der Waals surface area (Å²) in [4.78, 5) is 2.54. The molecule has 0 saturated carbocycles. The minimum atomic E-state index is -0.00783. The van der Waals surface area contributed by atoms with Crippen LogP contribution in [0.3, 0.4) is 0 Å². The van der Waals surface area contributed by atoms with Crippen LogP contribution in [0.25, 0.3) is 11.5 Å². The van der Waals surface area contributed by atoms with Crippen molar-refractivity contribution < 1.29 is 4.42 Å². The van der Waals surface area contributed by atoms with Crippen LogP contribution in [-0.4, -0.2) is 28.2 Å². The first kappa shape index (κ1) is 18.8. The average molecular weight is 377 g/mol. The molecule has 5 nitrogen and oxygen atoms in total. The van der Waals surface area contributed by atoms with Crippen molar-refractivity contribution in [3.63, 3.8) is 0 Å². The molecule has 0 radical (unpaired) electrons. The van der Waals surface area contributed by atoms with Gasteiger partial charge in [0.05, 0.1) is 6.04 Å². The summed E-state index contributed by atoms with van der Waals surface area (Å²) in [6.45, 7) is 8.37. The molecule has 0 spiro atoms. The molecule has 0 unspecified atom stereocenters. The monoisotopic (exact) mass is 376 g/mol. The minimum absolute atomic E-state index is 0.00783. The molecule has 2 aromatic carbocycles. The number of likely N-dealkylation sites (tertiary alicyclic amines) is 1. The molecule has 28 heavy (non-hydrogen) atoms. The Labute approximate surface area is 166 Å². The van der Waals surface area contributed by atoms with Crippen LogP contribution in [0.1, 0.15) is 48.4 Å². The van der Waals surface area contributed by atoms with E-state index in [4.69, 9.17) is 4.42 Å². The molecule has 1 saturated heterocycles. The highest BCUT2D eigenvalue weighted by atomic mass is 16.4. The van der Waals surface area contributed by atoms with Crippen LogP contribution in [0.15, 0.2) is 52.9 Å². The van der Waals surface area contributed by atoms with Gasteiger partial charge in [-0.2, -0.15) is 0 Å². The second kappa shape index (κ2) is 8.67. The fraction of sp³-hybridized carbons (Fsp3) is 0.391. The van der Waals surface area contributed by atoms with Gasteiger partial charge < -0.3 is 9.73 Å². The summed E-state index contributed by atoms with van der Waals surface area (Å²) in [6, 6.07) is 16.8. The summed E-state index contributed by atoms with van der Waals surface area (Å²) >= 11 is 0. The molecule has 4 rings (SSSR count). The Morgan fingerprint density at radius 1 is 1.00 bits per heavy atom. The lowest BCUT2D eigenvalue weighted by atomic mass is 10.1. The molecule has 1 aliphatic rings. The Bertz CT molecular complexity index is 897. The lowest BCUT2D eigenvalue weighted by Crippen LogP contribution is -2.22. The van der Waals surface area contributed by atoms with E-state index in [1.807, 2.05) is 12.1 Å². The van der Waals surface area contributed by atoms with Gasteiger partial charge in [-0.1, -0.05) is 42.0 Å². The van der Waals surface area contributed by atoms with Crippen LogP contribution in [-0.2, 0) is 13.1 Å². The van der Waals surface area contributed by atoms with Crippen molar-refractivity contribution in [1.82, 2.24) is 20.4 Å². The van der Waals surface area contributed by atoms with Crippen LogP contribution in [0.5, 0.6) is 0 Å². The molecule has 2 heterocycles. The maximum atomic E-state index is 5.90. The zero-order chi connectivity index (χ0) is 19.3. The van der Waals surface area contributed by atoms with Crippen molar-refractivity contribution in [2.45, 2.75) is 45.8 Å². The van der Waals surface area contributed by atoms with E-state index in [0.717, 1.165) is 18.7 Å². The van der Waals surface area contributed by atoms with E-state index in [-0.39, 0.29) is 6.04 Å². The quantitative estimate of drug-likeness (QED) is 0.658. The Kier molecular flexibility index (Phi) is 5.84. The predicted molar refractivity (Wildman–Crippen MR) is 111 cm³/mol. The van der Waals surface area contributed by atoms with Gasteiger partial charge >= 0.3 is 0 Å². The van der Waals surface area contributed by atoms with Crippen molar-refractivity contribution in [3.8, 4) is 11.5 Å². The number of aromatic nitrogens is 2. The van der Waals surface area contributed by atoms with E-state index in [1.54, 1.807) is 0 Å². The standard InChI is InChI=1S/C23H28N4O/c1-17-9-11-19(12-10-17)23-26-25-22(28-23)18(2)24-15-20-7-3-4-8-21(20)16-27-13-5-6-14-27/h3-4,7-12,18,24H,5-6,13-16H2,1-2H3/t18-/m1/s1. The first-order chi connectivity index (χ1) is 13.7. The Morgan fingerprint density at radius 2 is 1.71 bits per heavy atom. The molecule has 1 N–H and O–H groups in total. The SMILES string of the molecule is Cc1ccc(-c2nnc([C@@H](C)NCc3ccccc3CN3CCCC3)o2)cc1. The predicted octanol–water partition coefficient (Wildman–Crippen LogP) is 4.49. The normalized spacial score (nSPS) is 15.8. The van der Waals surface area contributed by atoms with Crippen molar-refractivity contribution >= 4 is 0 Å². The van der Waals surface area contributed by atoms with E-state index >= 15 is 0 Å². The largest absolute Gasteiger partial charge is 0.419 e. The molecule has 0 amide bonds. The number of benzene rings is 2. The summed E-state index contributed by atoms with van der Waals surface area (Å²) < 4.78 is 5.90. The highest BCUT2D eigenvalue weighted by Crippen LogP contribution is 2.22. The molecule has 1 aromatic heterocycles. The molecule has 1 fully saturated rings. The fourth-order valence-corrected chi connectivity index (χ4v) is 3.64. The number of hydrogen-bond donors (Lipinski definition) is 1. The molecule has 1 atom stereocenters. The highest BCUT2D eigenvalue weighted by Gasteiger charge is 2.17. The van der Waals surface area contributed by atoms with Crippen LogP contribution in [0, 0.1) is 6.92 Å². The van der Waals surface area contributed by atoms with Gasteiger partial charge in [0.15, 0.2) is 0 Å². The zero-order valence-electron chi connectivity index (χ0n) is 16.7. The summed E-state index contributed by atoms with van der Waals surface area (Å²) in [7, 11) is 0. The Balaban J connectivity index is 1.39. The van der Waals surface area contributed by atoms with Gasteiger partial charge in [-0.15, -0.1) is 10.2 Å². The van der Waals surface area contributed by atoms with Gasteiger partial charge in [0.25, 0.3) is 0 Å². The van der Waals surface area contributed by atoms with Crippen molar-refractivity contribution in [2.24, 2.45) is 0 Å². The summed E-state index contributed by atoms with van der Waals surface area (Å²) in [5, 5.41) is 12.0. The Hall–Kier alpha value is -2.50. The average Bonchev–Trinajstić information content (AvgIpc) is 3.40. The van der Waals surface area contributed by atoms with Crippen molar-refractivity contribution in [3.05, 3.63) is 71.1 Å². The van der Waals surface area contributed by atoms with E-state index in [2.05, 4.69) is 70.7 Å². The maximum absolute atomic E-state index is 5.90. The topological polar surface area (TPSA) is 54.2 Å². The number of nitrogens with zero attached hydrogens (tertiary/aromatic N) is 3. The molecule has 3 aromatic rings. The lowest BCUT2D eigenvalue weighted by Gasteiger charge is -2.18. The van der Waals surface area contributed by atoms with E-state index in [9.17, 15) is 0 Å². The lowest BCUT2D eigenvalue weighted by molar-refractivity contribution is 0.329. The zero-order valence-corrected chi connectivity index (χ0v) is 16.7. The van der Waals surface area contributed by atoms with Crippen molar-refractivity contribution in [1.29, 1.82) is 0 Å². The second-order valence-electron chi connectivity index (χ2n) is 7.67. The molecule has 5 heteroatoms. The van der Waals surface area contributed by atoms with E-state index in [0.29, 0.717) is 11.8 Å². The van der Waals surface area contributed by atoms with Crippen LogP contribution >= 0.6 is 0 Å². The Morgan fingerprint density at radius 3 is 2.46 bits per heavy atom. The van der Waals surface area contributed by atoms with E-state index in [1.165, 1.54) is 42.6 Å². The third-order valence-corrected chi connectivity index (χ3v) is 5.42. The molecular formula is C23H28N4O. The maximum Gasteiger partial charge on any atom is 0.247 e. The third-order valence-electron chi connectivity index (χ3n) is 5.42. The van der Waals surface area contributed by atoms with Gasteiger partial charge in [0.2, 0.25) is 11.8 Å². The van der Waals surface area contributed by atoms with E-state index < -0.39 is 0 Å². The van der Waals surface area contributed by atoms with Gasteiger partial charge in [-0.25, -0.2) is 0 Å². The number of nitrogens with one attached hydrogen (secondary N) is 1. The number of rotatable bonds is 7. The molecule has 0 bridgehead atoms. The first-order valence-corrected chi connectivity index (χ1v) is 10.1. The van der Waals surface area contributed by atoms with Gasteiger partial charge in [-0.05, 0) is 63.0 Å². The van der Waals surface area contributed by atoms with Gasteiger partial charge in [0.1, 0.15) is 0 Å². The van der Waals surface area contributed by atoms with Gasteiger partial charge in [0, 0.05) is 18.7 Å². The van der Waals surface area contributed by atoms with Crippen molar-refractivity contribution in [2.75, 3.05) is 13.1 Å². The van der Waals surface area contributed by atoms with Gasteiger partial charge in [-0.3, -0.25) is 4.90 Å². The molecule has 0 aliphatic carbocycles. The highest BCUT2D eigenvalue weighted by molar-refractivity contribution is 5.52. The van der Waals surface area contributed by atoms with Crippen LogP contribution < -0.4 is 5.32 Å². The third kappa shape index (κ3) is 4.49. The summed E-state index contributed by atoms with van der Waals surface area (Å²) in [5.74, 6) is 1.19. The van der Waals surface area contributed by atoms with Crippen LogP contribution in [0.4, 0.5) is 0 Å². The minimum Gasteiger partial charge on any atom is -0.419 e. The first-order valence-electron chi connectivity index (χ1n) is 10.1. The molecular weight excluding hydrogens is 348 g/mol. The second-order valence-corrected chi connectivity index (χ2v) is 7.67. The van der Waals surface area contributed by atoms with Crippen LogP contribution in [0.2, 0.25) is 0 Å². The summed E-state index contributed by atoms with van der Waals surface area (Å²) in [5.41, 5.74) is 4.90.